The molecule has 0 saturated carbocycles. The molecule has 118 valence electrons. The van der Waals surface area contributed by atoms with Crippen LogP contribution in [0.1, 0.15) is 12.0 Å². The summed E-state index contributed by atoms with van der Waals surface area (Å²) in [5.74, 6) is 1.49. The highest BCUT2D eigenvalue weighted by atomic mass is 79.9. The number of hydrogen-bond donors (Lipinski definition) is 2. The van der Waals surface area contributed by atoms with Gasteiger partial charge in [0, 0.05) is 26.1 Å². The van der Waals surface area contributed by atoms with Gasteiger partial charge in [-0.05, 0) is 33.6 Å². The van der Waals surface area contributed by atoms with Crippen LogP contribution in [0, 0.1) is 0 Å². The van der Waals surface area contributed by atoms with E-state index in [1.54, 1.807) is 0 Å². The van der Waals surface area contributed by atoms with Crippen molar-refractivity contribution >= 4 is 26.0 Å². The normalized spacial score (nSPS) is 14.8. The topological polar surface area (TPSA) is 76.7 Å². The average Bonchev–Trinajstić information content (AvgIpc) is 2.62. The van der Waals surface area contributed by atoms with Crippen molar-refractivity contribution in [2.24, 2.45) is 0 Å². The van der Waals surface area contributed by atoms with E-state index in [2.05, 4.69) is 26.0 Å². The van der Waals surface area contributed by atoms with Gasteiger partial charge < -0.3 is 14.8 Å². The first-order valence-electron chi connectivity index (χ1n) is 6.69. The van der Waals surface area contributed by atoms with E-state index in [0.29, 0.717) is 32.8 Å². The molecule has 0 saturated heterocycles. The Hall–Kier alpha value is -0.830. The molecule has 2 rings (SSSR count). The lowest BCUT2D eigenvalue weighted by Gasteiger charge is -2.12. The SMILES string of the molecule is CS(=O)(=O)NCCNCc1cc(Br)c2c(c1)OCCCO2. The second kappa shape index (κ2) is 7.44. The van der Waals surface area contributed by atoms with Crippen LogP contribution in [0.2, 0.25) is 0 Å². The molecule has 1 aliphatic rings. The van der Waals surface area contributed by atoms with Gasteiger partial charge in [0.2, 0.25) is 10.0 Å². The zero-order valence-electron chi connectivity index (χ0n) is 11.8. The highest BCUT2D eigenvalue weighted by molar-refractivity contribution is 9.10. The van der Waals surface area contributed by atoms with Crippen LogP contribution in [0.15, 0.2) is 16.6 Å². The maximum Gasteiger partial charge on any atom is 0.208 e. The van der Waals surface area contributed by atoms with Crippen molar-refractivity contribution in [1.82, 2.24) is 10.0 Å². The zero-order valence-corrected chi connectivity index (χ0v) is 14.2. The number of halogens is 1. The fraction of sp³-hybridized carbons (Fsp3) is 0.538. The summed E-state index contributed by atoms with van der Waals surface area (Å²) >= 11 is 3.49. The van der Waals surface area contributed by atoms with Crippen LogP contribution in [-0.2, 0) is 16.6 Å². The number of hydrogen-bond acceptors (Lipinski definition) is 5. The summed E-state index contributed by atoms with van der Waals surface area (Å²) in [7, 11) is -3.13. The summed E-state index contributed by atoms with van der Waals surface area (Å²) < 4.78 is 36.5. The first kappa shape index (κ1) is 16.5. The van der Waals surface area contributed by atoms with Gasteiger partial charge in [-0.3, -0.25) is 0 Å². The lowest BCUT2D eigenvalue weighted by atomic mass is 10.2. The van der Waals surface area contributed by atoms with E-state index in [4.69, 9.17) is 9.47 Å². The minimum atomic E-state index is -3.13. The second-order valence-electron chi connectivity index (χ2n) is 4.80. The Balaban J connectivity index is 1.89. The molecule has 0 unspecified atom stereocenters. The van der Waals surface area contributed by atoms with Crippen LogP contribution in [-0.4, -0.2) is 41.0 Å². The number of ether oxygens (including phenoxy) is 2. The largest absolute Gasteiger partial charge is 0.490 e. The standard InChI is InChI=1S/C13H19BrN2O4S/c1-21(17,18)16-4-3-15-9-10-7-11(14)13-12(8-10)19-5-2-6-20-13/h7-8,15-16H,2-6,9H2,1H3. The Morgan fingerprint density at radius 1 is 1.24 bits per heavy atom. The van der Waals surface area contributed by atoms with E-state index >= 15 is 0 Å². The molecule has 0 amide bonds. The minimum Gasteiger partial charge on any atom is -0.490 e. The number of nitrogens with one attached hydrogen (secondary N) is 2. The Morgan fingerprint density at radius 2 is 2.00 bits per heavy atom. The van der Waals surface area contributed by atoms with Gasteiger partial charge in [-0.1, -0.05) is 0 Å². The van der Waals surface area contributed by atoms with Gasteiger partial charge in [-0.15, -0.1) is 0 Å². The molecule has 21 heavy (non-hydrogen) atoms. The molecular weight excluding hydrogens is 360 g/mol. The summed E-state index contributed by atoms with van der Waals surface area (Å²) in [6.07, 6.45) is 2.01. The second-order valence-corrected chi connectivity index (χ2v) is 7.49. The summed E-state index contributed by atoms with van der Waals surface area (Å²) in [5, 5.41) is 3.18. The van der Waals surface area contributed by atoms with Crippen LogP contribution in [0.5, 0.6) is 11.5 Å². The quantitative estimate of drug-likeness (QED) is 0.728. The van der Waals surface area contributed by atoms with Crippen molar-refractivity contribution in [3.8, 4) is 11.5 Å². The van der Waals surface area contributed by atoms with Crippen molar-refractivity contribution in [2.75, 3.05) is 32.6 Å². The van der Waals surface area contributed by atoms with Crippen LogP contribution >= 0.6 is 15.9 Å². The van der Waals surface area contributed by atoms with E-state index < -0.39 is 10.0 Å². The number of benzene rings is 1. The third kappa shape index (κ3) is 5.46. The molecule has 0 aliphatic carbocycles. The molecule has 1 aromatic rings. The van der Waals surface area contributed by atoms with Gasteiger partial charge in [0.15, 0.2) is 11.5 Å². The molecule has 0 radical (unpaired) electrons. The van der Waals surface area contributed by atoms with Gasteiger partial charge in [0.25, 0.3) is 0 Å². The van der Waals surface area contributed by atoms with E-state index in [1.165, 1.54) is 0 Å². The highest BCUT2D eigenvalue weighted by Crippen LogP contribution is 2.38. The molecule has 0 spiro atoms. The van der Waals surface area contributed by atoms with Gasteiger partial charge in [-0.25, -0.2) is 13.1 Å². The van der Waals surface area contributed by atoms with E-state index in [0.717, 1.165) is 34.2 Å². The fourth-order valence-corrected chi connectivity index (χ4v) is 3.02. The lowest BCUT2D eigenvalue weighted by Crippen LogP contribution is -2.30. The van der Waals surface area contributed by atoms with Crippen molar-refractivity contribution in [3.05, 3.63) is 22.2 Å². The Bertz CT molecular complexity index is 592. The van der Waals surface area contributed by atoms with Crippen molar-refractivity contribution in [2.45, 2.75) is 13.0 Å². The van der Waals surface area contributed by atoms with Crippen LogP contribution < -0.4 is 19.5 Å². The van der Waals surface area contributed by atoms with Crippen molar-refractivity contribution in [3.63, 3.8) is 0 Å². The van der Waals surface area contributed by atoms with Crippen LogP contribution in [0.25, 0.3) is 0 Å². The van der Waals surface area contributed by atoms with Gasteiger partial charge >= 0.3 is 0 Å². The van der Waals surface area contributed by atoms with Crippen molar-refractivity contribution < 1.29 is 17.9 Å². The summed E-state index contributed by atoms with van der Waals surface area (Å²) in [5.41, 5.74) is 1.05. The number of rotatable bonds is 6. The maximum absolute atomic E-state index is 10.9. The lowest BCUT2D eigenvalue weighted by molar-refractivity contribution is 0.296. The fourth-order valence-electron chi connectivity index (χ4n) is 1.94. The van der Waals surface area contributed by atoms with Gasteiger partial charge in [0.1, 0.15) is 0 Å². The molecule has 2 N–H and O–H groups in total. The molecule has 1 aliphatic heterocycles. The molecule has 0 fully saturated rings. The molecule has 1 heterocycles. The van der Waals surface area contributed by atoms with Crippen molar-refractivity contribution in [1.29, 1.82) is 0 Å². The monoisotopic (exact) mass is 378 g/mol. The summed E-state index contributed by atoms with van der Waals surface area (Å²) in [4.78, 5) is 0. The molecule has 1 aromatic carbocycles. The third-order valence-corrected chi connectivity index (χ3v) is 4.17. The highest BCUT2D eigenvalue weighted by Gasteiger charge is 2.15. The molecule has 8 heteroatoms. The predicted molar refractivity (Wildman–Crippen MR) is 84.3 cm³/mol. The number of sulfonamides is 1. The molecule has 0 bridgehead atoms. The Kier molecular flexibility index (Phi) is 5.86. The third-order valence-electron chi connectivity index (χ3n) is 2.86. The minimum absolute atomic E-state index is 0.366. The molecule has 0 aromatic heterocycles. The molecular formula is C13H19BrN2O4S. The Labute approximate surface area is 133 Å². The van der Waals surface area contributed by atoms with Crippen LogP contribution in [0.4, 0.5) is 0 Å². The van der Waals surface area contributed by atoms with E-state index in [-0.39, 0.29) is 0 Å². The molecule has 0 atom stereocenters. The first-order valence-corrected chi connectivity index (χ1v) is 9.37. The predicted octanol–water partition coefficient (Wildman–Crippen LogP) is 1.25. The van der Waals surface area contributed by atoms with Crippen LogP contribution in [0.3, 0.4) is 0 Å². The van der Waals surface area contributed by atoms with Gasteiger partial charge in [0.05, 0.1) is 23.9 Å². The van der Waals surface area contributed by atoms with E-state index in [1.807, 2.05) is 12.1 Å². The first-order chi connectivity index (χ1) is 9.96. The zero-order chi connectivity index (χ0) is 15.3. The smallest absolute Gasteiger partial charge is 0.208 e. The number of fused-ring (bicyclic) bond motifs is 1. The maximum atomic E-state index is 10.9. The Morgan fingerprint density at radius 3 is 2.76 bits per heavy atom. The van der Waals surface area contributed by atoms with Gasteiger partial charge in [-0.2, -0.15) is 0 Å². The van der Waals surface area contributed by atoms with E-state index in [9.17, 15) is 8.42 Å². The summed E-state index contributed by atoms with van der Waals surface area (Å²) in [6.45, 7) is 2.85. The summed E-state index contributed by atoms with van der Waals surface area (Å²) in [6, 6.07) is 3.92. The molecule has 6 nitrogen and oxygen atoms in total. The average molecular weight is 379 g/mol.